The Morgan fingerprint density at radius 3 is 2.56 bits per heavy atom. The molecule has 2 nitrogen and oxygen atoms in total. The Kier molecular flexibility index (Phi) is 4.48. The van der Waals surface area contributed by atoms with Crippen molar-refractivity contribution in [3.05, 3.63) is 0 Å². The maximum Gasteiger partial charge on any atom is 0.288 e. The molecule has 0 aliphatic rings. The first-order chi connectivity index (χ1) is 4.12. The monoisotopic (exact) mass is 167 g/mol. The van der Waals surface area contributed by atoms with Gasteiger partial charge < -0.3 is 10.2 Å². The smallest absolute Gasteiger partial charge is 0.288 e. The summed E-state index contributed by atoms with van der Waals surface area (Å²) in [4.78, 5) is 0. The van der Waals surface area contributed by atoms with Gasteiger partial charge in [-0.1, -0.05) is 0 Å². The molecule has 0 spiro atoms. The zero-order chi connectivity index (χ0) is 7.33. The molecule has 0 rings (SSSR count). The molecule has 0 saturated heterocycles. The molecule has 0 aliphatic heterocycles. The average Bonchev–Trinajstić information content (AvgIpc) is 1.64. The molecule has 1 atom stereocenters. The SMILES string of the molecule is CCO[Si](C)(Cl)CCN. The molecule has 0 radical (unpaired) electrons. The summed E-state index contributed by atoms with van der Waals surface area (Å²) in [7, 11) is -1.86. The van der Waals surface area contributed by atoms with Gasteiger partial charge in [0.2, 0.25) is 0 Å². The van der Waals surface area contributed by atoms with Crippen molar-refractivity contribution in [2.45, 2.75) is 19.5 Å². The van der Waals surface area contributed by atoms with E-state index in [2.05, 4.69) is 0 Å². The zero-order valence-electron chi connectivity index (χ0n) is 5.98. The standard InChI is InChI=1S/C5H14ClNOSi/c1-3-8-9(2,6)5-4-7/h3-5,7H2,1-2H3. The highest BCUT2D eigenvalue weighted by Crippen LogP contribution is 2.14. The highest BCUT2D eigenvalue weighted by molar-refractivity contribution is 7.16. The molecule has 0 aromatic rings. The number of rotatable bonds is 4. The molecule has 4 heteroatoms. The van der Waals surface area contributed by atoms with Gasteiger partial charge in [-0.3, -0.25) is 0 Å². The molecule has 0 bridgehead atoms. The van der Waals surface area contributed by atoms with Crippen molar-refractivity contribution in [2.24, 2.45) is 5.73 Å². The first-order valence-corrected chi connectivity index (χ1v) is 6.78. The number of hydrogen-bond donors (Lipinski definition) is 1. The Morgan fingerprint density at radius 1 is 1.67 bits per heavy atom. The van der Waals surface area contributed by atoms with Gasteiger partial charge in [-0.15, -0.1) is 11.1 Å². The molecule has 0 saturated carbocycles. The molecule has 0 fully saturated rings. The zero-order valence-corrected chi connectivity index (χ0v) is 7.74. The largest absolute Gasteiger partial charge is 0.403 e. The predicted octanol–water partition coefficient (Wildman–Crippen LogP) is 1.29. The van der Waals surface area contributed by atoms with Crippen molar-refractivity contribution in [3.8, 4) is 0 Å². The summed E-state index contributed by atoms with van der Waals surface area (Å²) in [5.74, 6) is 0. The fourth-order valence-electron chi connectivity index (χ4n) is 0.631. The van der Waals surface area contributed by atoms with E-state index >= 15 is 0 Å². The van der Waals surface area contributed by atoms with Crippen molar-refractivity contribution in [2.75, 3.05) is 13.2 Å². The Hall–Kier alpha value is 0.427. The number of nitrogens with two attached hydrogens (primary N) is 1. The summed E-state index contributed by atoms with van der Waals surface area (Å²) in [6, 6.07) is 0.836. The molecular weight excluding hydrogens is 154 g/mol. The van der Waals surface area contributed by atoms with Crippen LogP contribution in [0.5, 0.6) is 0 Å². The van der Waals surface area contributed by atoms with Gasteiger partial charge in [0.05, 0.1) is 0 Å². The normalized spacial score (nSPS) is 17.3. The van der Waals surface area contributed by atoms with Gasteiger partial charge in [-0.2, -0.15) is 0 Å². The molecule has 0 amide bonds. The van der Waals surface area contributed by atoms with E-state index in [0.717, 1.165) is 6.04 Å². The van der Waals surface area contributed by atoms with E-state index < -0.39 is 7.63 Å². The van der Waals surface area contributed by atoms with E-state index in [1.807, 2.05) is 13.5 Å². The summed E-state index contributed by atoms with van der Waals surface area (Å²) in [6.07, 6.45) is 0. The molecule has 1 unspecified atom stereocenters. The van der Waals surface area contributed by atoms with E-state index in [-0.39, 0.29) is 0 Å². The van der Waals surface area contributed by atoms with Gasteiger partial charge in [-0.25, -0.2) is 0 Å². The summed E-state index contributed by atoms with van der Waals surface area (Å²) in [5.41, 5.74) is 5.32. The van der Waals surface area contributed by atoms with Crippen LogP contribution < -0.4 is 5.73 Å². The summed E-state index contributed by atoms with van der Waals surface area (Å²) < 4.78 is 5.29. The molecular formula is C5H14ClNOSi. The van der Waals surface area contributed by atoms with Crippen molar-refractivity contribution in [1.82, 2.24) is 0 Å². The predicted molar refractivity (Wildman–Crippen MR) is 43.0 cm³/mol. The van der Waals surface area contributed by atoms with Crippen LogP contribution in [0.15, 0.2) is 0 Å². The van der Waals surface area contributed by atoms with Gasteiger partial charge in [-0.05, 0) is 26.1 Å². The molecule has 0 heterocycles. The van der Waals surface area contributed by atoms with Crippen LogP contribution in [0, 0.1) is 0 Å². The summed E-state index contributed by atoms with van der Waals surface area (Å²) >= 11 is 5.97. The van der Waals surface area contributed by atoms with Crippen LogP contribution >= 0.6 is 11.1 Å². The third-order valence-corrected chi connectivity index (χ3v) is 4.00. The summed E-state index contributed by atoms with van der Waals surface area (Å²) in [6.45, 7) is 5.24. The quantitative estimate of drug-likeness (QED) is 0.506. The minimum absolute atomic E-state index is 0.631. The van der Waals surface area contributed by atoms with Crippen LogP contribution in [0.2, 0.25) is 12.6 Å². The second-order valence-corrected chi connectivity index (χ2v) is 7.46. The Labute approximate surface area is 62.2 Å². The minimum atomic E-state index is -1.86. The van der Waals surface area contributed by atoms with Crippen molar-refractivity contribution in [3.63, 3.8) is 0 Å². The van der Waals surface area contributed by atoms with Crippen LogP contribution in [0.4, 0.5) is 0 Å². The maximum atomic E-state index is 5.97. The van der Waals surface area contributed by atoms with Crippen LogP contribution in [0.3, 0.4) is 0 Å². The first kappa shape index (κ1) is 9.43. The van der Waals surface area contributed by atoms with Crippen molar-refractivity contribution < 1.29 is 4.43 Å². The van der Waals surface area contributed by atoms with Gasteiger partial charge in [0.1, 0.15) is 0 Å². The van der Waals surface area contributed by atoms with E-state index in [1.165, 1.54) is 0 Å². The lowest BCUT2D eigenvalue weighted by Crippen LogP contribution is -2.30. The van der Waals surface area contributed by atoms with Crippen LogP contribution in [-0.2, 0) is 4.43 Å². The van der Waals surface area contributed by atoms with Crippen LogP contribution in [-0.4, -0.2) is 20.8 Å². The average molecular weight is 168 g/mol. The highest BCUT2D eigenvalue weighted by Gasteiger charge is 2.23. The lowest BCUT2D eigenvalue weighted by Gasteiger charge is -2.16. The van der Waals surface area contributed by atoms with Crippen molar-refractivity contribution >= 4 is 18.7 Å². The van der Waals surface area contributed by atoms with Gasteiger partial charge in [0.25, 0.3) is 7.63 Å². The Balaban J connectivity index is 3.43. The van der Waals surface area contributed by atoms with E-state index in [9.17, 15) is 0 Å². The fraction of sp³-hybridized carbons (Fsp3) is 1.00. The number of halogens is 1. The molecule has 0 aliphatic carbocycles. The van der Waals surface area contributed by atoms with Gasteiger partial charge >= 0.3 is 0 Å². The highest BCUT2D eigenvalue weighted by atomic mass is 35.6. The molecule has 9 heavy (non-hydrogen) atoms. The molecule has 2 N–H and O–H groups in total. The number of hydrogen-bond acceptors (Lipinski definition) is 2. The fourth-order valence-corrected chi connectivity index (χ4v) is 2.55. The maximum absolute atomic E-state index is 5.97. The van der Waals surface area contributed by atoms with E-state index in [4.69, 9.17) is 21.2 Å². The molecule has 56 valence electrons. The van der Waals surface area contributed by atoms with E-state index in [0.29, 0.717) is 13.2 Å². The lowest BCUT2D eigenvalue weighted by molar-refractivity contribution is 0.339. The molecule has 0 aromatic carbocycles. The van der Waals surface area contributed by atoms with Crippen molar-refractivity contribution in [1.29, 1.82) is 0 Å². The minimum Gasteiger partial charge on any atom is -0.403 e. The van der Waals surface area contributed by atoms with E-state index in [1.54, 1.807) is 0 Å². The second-order valence-electron chi connectivity index (χ2n) is 2.07. The Morgan fingerprint density at radius 2 is 2.22 bits per heavy atom. The summed E-state index contributed by atoms with van der Waals surface area (Å²) in [5, 5.41) is 0. The van der Waals surface area contributed by atoms with Crippen LogP contribution in [0.25, 0.3) is 0 Å². The third kappa shape index (κ3) is 4.90. The second kappa shape index (κ2) is 4.28. The van der Waals surface area contributed by atoms with Gasteiger partial charge in [0.15, 0.2) is 0 Å². The molecule has 0 aromatic heterocycles. The topological polar surface area (TPSA) is 35.2 Å². The third-order valence-electron chi connectivity index (χ3n) is 1.04. The van der Waals surface area contributed by atoms with Gasteiger partial charge in [0, 0.05) is 6.61 Å². The lowest BCUT2D eigenvalue weighted by atomic mass is 10.8. The van der Waals surface area contributed by atoms with Crippen LogP contribution in [0.1, 0.15) is 6.92 Å². The Bertz CT molecular complexity index is 71.4. The first-order valence-electron chi connectivity index (χ1n) is 3.15.